The highest BCUT2D eigenvalue weighted by Crippen LogP contribution is 2.37. The van der Waals surface area contributed by atoms with Crippen LogP contribution in [0.25, 0.3) is 0 Å². The van der Waals surface area contributed by atoms with Crippen LogP contribution in [-0.2, 0) is 4.79 Å². The highest BCUT2D eigenvalue weighted by molar-refractivity contribution is 5.78. The zero-order chi connectivity index (χ0) is 7.07. The lowest BCUT2D eigenvalue weighted by atomic mass is 9.70. The molecule has 3 nitrogen and oxygen atoms in total. The first-order chi connectivity index (χ1) is 4.04. The molecular weight excluding hydrogens is 118 g/mol. The number of amides is 1. The van der Waals surface area contributed by atoms with Gasteiger partial charge in [-0.1, -0.05) is 0 Å². The van der Waals surface area contributed by atoms with Gasteiger partial charge in [-0.25, -0.2) is 0 Å². The largest absolute Gasteiger partial charge is 0.389 e. The maximum atomic E-state index is 10.5. The molecule has 0 radical (unpaired) electrons. The van der Waals surface area contributed by atoms with Gasteiger partial charge in [0.25, 0.3) is 0 Å². The number of primary amides is 1. The highest BCUT2D eigenvalue weighted by atomic mass is 16.3. The van der Waals surface area contributed by atoms with Crippen LogP contribution in [0.15, 0.2) is 0 Å². The van der Waals surface area contributed by atoms with E-state index in [1.165, 1.54) is 0 Å². The molecule has 0 aromatic rings. The standard InChI is InChI=1S/C6H11NO2/c1-6(9)3-2-4(6)5(7)8/h4,9H,2-3H2,1H3,(H2,7,8). The Morgan fingerprint density at radius 3 is 2.44 bits per heavy atom. The van der Waals surface area contributed by atoms with Crippen molar-refractivity contribution < 1.29 is 9.90 Å². The van der Waals surface area contributed by atoms with E-state index in [0.29, 0.717) is 6.42 Å². The number of aliphatic hydroxyl groups is 1. The van der Waals surface area contributed by atoms with E-state index >= 15 is 0 Å². The topological polar surface area (TPSA) is 63.3 Å². The molecule has 0 aromatic carbocycles. The Morgan fingerprint density at radius 1 is 1.89 bits per heavy atom. The Hall–Kier alpha value is -0.570. The lowest BCUT2D eigenvalue weighted by Crippen LogP contribution is -2.50. The lowest BCUT2D eigenvalue weighted by Gasteiger charge is -2.40. The normalized spacial score (nSPS) is 41.8. The van der Waals surface area contributed by atoms with E-state index in [4.69, 9.17) is 5.73 Å². The van der Waals surface area contributed by atoms with Crippen molar-refractivity contribution in [2.24, 2.45) is 11.7 Å². The summed E-state index contributed by atoms with van der Waals surface area (Å²) in [6.07, 6.45) is 1.43. The summed E-state index contributed by atoms with van der Waals surface area (Å²) in [4.78, 5) is 10.5. The summed E-state index contributed by atoms with van der Waals surface area (Å²) in [6, 6.07) is 0. The first-order valence-corrected chi connectivity index (χ1v) is 3.06. The zero-order valence-electron chi connectivity index (χ0n) is 5.42. The molecule has 1 aliphatic carbocycles. The van der Waals surface area contributed by atoms with E-state index in [1.54, 1.807) is 6.92 Å². The first kappa shape index (κ1) is 6.55. The maximum Gasteiger partial charge on any atom is 0.223 e. The molecule has 1 fully saturated rings. The predicted molar refractivity (Wildman–Crippen MR) is 32.5 cm³/mol. The number of hydrogen-bond acceptors (Lipinski definition) is 2. The molecule has 0 spiro atoms. The van der Waals surface area contributed by atoms with Gasteiger partial charge >= 0.3 is 0 Å². The minimum absolute atomic E-state index is 0.308. The predicted octanol–water partition coefficient (Wildman–Crippen LogP) is -0.367. The van der Waals surface area contributed by atoms with Crippen LogP contribution in [0.5, 0.6) is 0 Å². The van der Waals surface area contributed by atoms with Crippen molar-refractivity contribution in [3.8, 4) is 0 Å². The van der Waals surface area contributed by atoms with E-state index in [9.17, 15) is 9.90 Å². The summed E-state index contributed by atoms with van der Waals surface area (Å²) in [5.41, 5.74) is 4.16. The quantitative estimate of drug-likeness (QED) is 0.507. The molecule has 0 saturated heterocycles. The second kappa shape index (κ2) is 1.70. The molecule has 2 atom stereocenters. The average Bonchev–Trinajstić information content (AvgIpc) is 1.62. The molecule has 0 aliphatic heterocycles. The van der Waals surface area contributed by atoms with Crippen LogP contribution in [0, 0.1) is 5.92 Å². The summed E-state index contributed by atoms with van der Waals surface area (Å²) in [5.74, 6) is -0.691. The molecule has 0 heterocycles. The lowest BCUT2D eigenvalue weighted by molar-refractivity contribution is -0.142. The summed E-state index contributed by atoms with van der Waals surface area (Å²) in [5, 5.41) is 9.24. The van der Waals surface area contributed by atoms with Gasteiger partial charge in [-0.15, -0.1) is 0 Å². The van der Waals surface area contributed by atoms with Crippen molar-refractivity contribution in [1.29, 1.82) is 0 Å². The zero-order valence-corrected chi connectivity index (χ0v) is 5.42. The molecule has 52 valence electrons. The Balaban J connectivity index is 2.55. The van der Waals surface area contributed by atoms with Gasteiger partial charge in [-0.3, -0.25) is 4.79 Å². The Kier molecular flexibility index (Phi) is 1.24. The van der Waals surface area contributed by atoms with Crippen molar-refractivity contribution in [2.45, 2.75) is 25.4 Å². The van der Waals surface area contributed by atoms with E-state index < -0.39 is 5.60 Å². The maximum absolute atomic E-state index is 10.5. The fourth-order valence-corrected chi connectivity index (χ4v) is 1.16. The van der Waals surface area contributed by atoms with E-state index in [2.05, 4.69) is 0 Å². The molecule has 1 amide bonds. The fraction of sp³-hybridized carbons (Fsp3) is 0.833. The van der Waals surface area contributed by atoms with Gasteiger partial charge in [-0.2, -0.15) is 0 Å². The fourth-order valence-electron chi connectivity index (χ4n) is 1.16. The average molecular weight is 129 g/mol. The van der Waals surface area contributed by atoms with Crippen LogP contribution >= 0.6 is 0 Å². The van der Waals surface area contributed by atoms with E-state index in [1.807, 2.05) is 0 Å². The smallest absolute Gasteiger partial charge is 0.223 e. The van der Waals surface area contributed by atoms with Crippen molar-refractivity contribution in [1.82, 2.24) is 0 Å². The summed E-state index contributed by atoms with van der Waals surface area (Å²) >= 11 is 0. The van der Waals surface area contributed by atoms with Crippen LogP contribution in [0.2, 0.25) is 0 Å². The van der Waals surface area contributed by atoms with Gasteiger partial charge in [-0.05, 0) is 19.8 Å². The number of carbonyl (C=O) groups excluding carboxylic acids is 1. The van der Waals surface area contributed by atoms with Gasteiger partial charge < -0.3 is 10.8 Å². The van der Waals surface area contributed by atoms with Crippen LogP contribution in [0.1, 0.15) is 19.8 Å². The van der Waals surface area contributed by atoms with Gasteiger partial charge in [0.2, 0.25) is 5.91 Å². The molecular formula is C6H11NO2. The molecule has 3 N–H and O–H groups in total. The number of hydrogen-bond donors (Lipinski definition) is 2. The second-order valence-electron chi connectivity index (χ2n) is 2.85. The SMILES string of the molecule is CC1(O)CCC1C(N)=O. The molecule has 1 saturated carbocycles. The molecule has 9 heavy (non-hydrogen) atoms. The van der Waals surface area contributed by atoms with Crippen molar-refractivity contribution >= 4 is 5.91 Å². The summed E-state index contributed by atoms with van der Waals surface area (Å²) < 4.78 is 0. The number of carbonyl (C=O) groups is 1. The highest BCUT2D eigenvalue weighted by Gasteiger charge is 2.44. The monoisotopic (exact) mass is 129 g/mol. The summed E-state index contributed by atoms with van der Waals surface area (Å²) in [6.45, 7) is 1.64. The second-order valence-corrected chi connectivity index (χ2v) is 2.85. The Bertz CT molecular complexity index is 142. The van der Waals surface area contributed by atoms with E-state index in [0.717, 1.165) is 6.42 Å². The van der Waals surface area contributed by atoms with Crippen LogP contribution in [0.3, 0.4) is 0 Å². The minimum Gasteiger partial charge on any atom is -0.389 e. The van der Waals surface area contributed by atoms with Crippen molar-refractivity contribution in [3.63, 3.8) is 0 Å². The molecule has 2 unspecified atom stereocenters. The van der Waals surface area contributed by atoms with Crippen LogP contribution in [-0.4, -0.2) is 16.6 Å². The van der Waals surface area contributed by atoms with Gasteiger partial charge in [0, 0.05) is 0 Å². The molecule has 0 aromatic heterocycles. The Labute approximate surface area is 53.9 Å². The molecule has 3 heteroatoms. The molecule has 0 bridgehead atoms. The third kappa shape index (κ3) is 0.920. The molecule has 1 rings (SSSR count). The van der Waals surface area contributed by atoms with Gasteiger partial charge in [0.1, 0.15) is 0 Å². The van der Waals surface area contributed by atoms with E-state index in [-0.39, 0.29) is 11.8 Å². The van der Waals surface area contributed by atoms with Crippen molar-refractivity contribution in [3.05, 3.63) is 0 Å². The minimum atomic E-state index is -0.814. The molecule has 1 aliphatic rings. The third-order valence-corrected chi connectivity index (χ3v) is 2.03. The van der Waals surface area contributed by atoms with Crippen LogP contribution < -0.4 is 5.73 Å². The van der Waals surface area contributed by atoms with Gasteiger partial charge in [0.05, 0.1) is 11.5 Å². The van der Waals surface area contributed by atoms with Gasteiger partial charge in [0.15, 0.2) is 0 Å². The number of nitrogens with two attached hydrogens (primary N) is 1. The first-order valence-electron chi connectivity index (χ1n) is 3.06. The Morgan fingerprint density at radius 2 is 2.44 bits per heavy atom. The van der Waals surface area contributed by atoms with Crippen LogP contribution in [0.4, 0.5) is 0 Å². The van der Waals surface area contributed by atoms with Crippen molar-refractivity contribution in [2.75, 3.05) is 0 Å². The number of rotatable bonds is 1. The third-order valence-electron chi connectivity index (χ3n) is 2.03. The summed E-state index contributed by atoms with van der Waals surface area (Å²) in [7, 11) is 0.